The lowest BCUT2D eigenvalue weighted by Crippen LogP contribution is -2.43. The summed E-state index contributed by atoms with van der Waals surface area (Å²) >= 11 is 1.52. The van der Waals surface area contributed by atoms with Gasteiger partial charge >= 0.3 is 5.97 Å². The molecule has 6 heteroatoms. The number of amides is 1. The molecule has 1 heterocycles. The minimum atomic E-state index is -0.747. The van der Waals surface area contributed by atoms with Gasteiger partial charge in [0.15, 0.2) is 0 Å². The topological polar surface area (TPSA) is 86.6 Å². The van der Waals surface area contributed by atoms with E-state index in [1.807, 2.05) is 11.4 Å². The van der Waals surface area contributed by atoms with Crippen molar-refractivity contribution in [3.05, 3.63) is 41.3 Å². The van der Waals surface area contributed by atoms with Gasteiger partial charge < -0.3 is 15.5 Å². The molecule has 29 heavy (non-hydrogen) atoms. The Morgan fingerprint density at radius 3 is 2.86 bits per heavy atom. The van der Waals surface area contributed by atoms with Crippen LogP contribution < -0.4 is 5.32 Å². The smallest absolute Gasteiger partial charge is 0.303 e. The van der Waals surface area contributed by atoms with Crippen molar-refractivity contribution in [2.45, 2.75) is 51.0 Å². The molecule has 2 bridgehead atoms. The van der Waals surface area contributed by atoms with Gasteiger partial charge in [0.25, 0.3) is 5.91 Å². The minimum absolute atomic E-state index is 0.0464. The van der Waals surface area contributed by atoms with Crippen LogP contribution in [0.15, 0.2) is 35.7 Å². The largest absolute Gasteiger partial charge is 0.508 e. The molecule has 5 nitrogen and oxygen atoms in total. The number of carboxylic acid groups (broad SMARTS) is 1. The first-order valence-corrected chi connectivity index (χ1v) is 11.3. The number of hydrogen-bond acceptors (Lipinski definition) is 4. The number of unbranched alkanes of at least 4 members (excludes halogenated alkanes) is 1. The number of allylic oxidation sites excluding steroid dienone is 2. The molecule has 0 aliphatic heterocycles. The SMILES string of the molecule is O=C(O)CCC/C=C\CC1C(NC(=O)c2csc3ccc(O)cc23)C2CC[C@H]1C2. The van der Waals surface area contributed by atoms with Crippen molar-refractivity contribution in [1.29, 1.82) is 0 Å². The average molecular weight is 414 g/mol. The summed E-state index contributed by atoms with van der Waals surface area (Å²) in [7, 11) is 0. The van der Waals surface area contributed by atoms with E-state index in [0.29, 0.717) is 29.7 Å². The lowest BCUT2D eigenvalue weighted by molar-refractivity contribution is -0.137. The molecule has 0 radical (unpaired) electrons. The first-order chi connectivity index (χ1) is 14.0. The maximum Gasteiger partial charge on any atom is 0.303 e. The Hall–Kier alpha value is -2.34. The third-order valence-corrected chi connectivity index (χ3v) is 7.49. The molecule has 154 valence electrons. The number of thiophene rings is 1. The van der Waals surface area contributed by atoms with E-state index in [0.717, 1.165) is 22.9 Å². The normalized spacial score (nSPS) is 25.8. The van der Waals surface area contributed by atoms with E-state index in [2.05, 4.69) is 17.5 Å². The first-order valence-electron chi connectivity index (χ1n) is 10.4. The molecule has 1 aromatic carbocycles. The quantitative estimate of drug-likeness (QED) is 0.422. The van der Waals surface area contributed by atoms with E-state index in [9.17, 15) is 14.7 Å². The molecule has 2 aromatic rings. The minimum Gasteiger partial charge on any atom is -0.508 e. The lowest BCUT2D eigenvalue weighted by atomic mass is 9.82. The Morgan fingerprint density at radius 2 is 2.03 bits per heavy atom. The van der Waals surface area contributed by atoms with Crippen LogP contribution in [-0.4, -0.2) is 28.1 Å². The van der Waals surface area contributed by atoms with Gasteiger partial charge in [0.05, 0.1) is 5.56 Å². The molecule has 0 spiro atoms. The van der Waals surface area contributed by atoms with E-state index in [1.165, 1.54) is 30.6 Å². The number of carbonyl (C=O) groups excluding carboxylic acids is 1. The predicted molar refractivity (Wildman–Crippen MR) is 114 cm³/mol. The summed E-state index contributed by atoms with van der Waals surface area (Å²) in [6.07, 6.45) is 10.5. The zero-order chi connectivity index (χ0) is 20.4. The summed E-state index contributed by atoms with van der Waals surface area (Å²) in [5, 5.41) is 24.5. The Morgan fingerprint density at radius 1 is 1.21 bits per heavy atom. The summed E-state index contributed by atoms with van der Waals surface area (Å²) in [5.74, 6) is 1.05. The van der Waals surface area contributed by atoms with Crippen molar-refractivity contribution in [2.24, 2.45) is 17.8 Å². The first kappa shape index (κ1) is 20.0. The highest BCUT2D eigenvalue weighted by Crippen LogP contribution is 2.50. The van der Waals surface area contributed by atoms with E-state index in [1.54, 1.807) is 12.1 Å². The average Bonchev–Trinajstić information content (AvgIpc) is 3.39. The van der Waals surface area contributed by atoms with E-state index < -0.39 is 5.97 Å². The van der Waals surface area contributed by atoms with E-state index in [4.69, 9.17) is 5.11 Å². The molecule has 1 aromatic heterocycles. The number of nitrogens with one attached hydrogen (secondary N) is 1. The highest BCUT2D eigenvalue weighted by atomic mass is 32.1. The second-order valence-corrected chi connectivity index (χ2v) is 9.23. The predicted octanol–water partition coefficient (Wildman–Crippen LogP) is 4.95. The standard InChI is InChI=1S/C23H27NO4S/c25-16-9-10-20-18(12-16)19(13-29-20)23(28)24-22-15-8-7-14(11-15)17(22)5-3-1-2-4-6-21(26)27/h1,3,9-10,12-15,17,22,25H,2,4-8,11H2,(H,24,28)(H,26,27)/b3-1-/t14-,15?,17?,22?/m0/s1. The van der Waals surface area contributed by atoms with Gasteiger partial charge in [-0.3, -0.25) is 9.59 Å². The third kappa shape index (κ3) is 4.32. The number of carboxylic acids is 1. The molecule has 3 unspecified atom stereocenters. The van der Waals surface area contributed by atoms with Gasteiger partial charge in [-0.15, -0.1) is 11.3 Å². The molecule has 4 atom stereocenters. The lowest BCUT2D eigenvalue weighted by Gasteiger charge is -2.31. The second kappa shape index (κ2) is 8.57. The Labute approximate surface area is 174 Å². The number of aliphatic carboxylic acids is 1. The molecule has 2 aliphatic rings. The monoisotopic (exact) mass is 413 g/mol. The van der Waals surface area contributed by atoms with Crippen molar-refractivity contribution >= 4 is 33.3 Å². The maximum absolute atomic E-state index is 13.0. The van der Waals surface area contributed by atoms with Crippen molar-refractivity contribution in [2.75, 3.05) is 0 Å². The highest BCUT2D eigenvalue weighted by molar-refractivity contribution is 7.17. The molecule has 2 saturated carbocycles. The van der Waals surface area contributed by atoms with Gasteiger partial charge in [-0.2, -0.15) is 0 Å². The Balaban J connectivity index is 1.41. The van der Waals surface area contributed by atoms with E-state index >= 15 is 0 Å². The number of phenols is 1. The van der Waals surface area contributed by atoms with Gasteiger partial charge in [0, 0.05) is 27.9 Å². The highest BCUT2D eigenvalue weighted by Gasteiger charge is 2.47. The van der Waals surface area contributed by atoms with E-state index in [-0.39, 0.29) is 24.1 Å². The Bertz CT molecular complexity index is 934. The molecule has 0 saturated heterocycles. The van der Waals surface area contributed by atoms with Crippen LogP contribution in [0.5, 0.6) is 5.75 Å². The van der Waals surface area contributed by atoms with Crippen molar-refractivity contribution in [3.63, 3.8) is 0 Å². The summed E-state index contributed by atoms with van der Waals surface area (Å²) in [4.78, 5) is 23.6. The number of hydrogen-bond donors (Lipinski definition) is 3. The summed E-state index contributed by atoms with van der Waals surface area (Å²) < 4.78 is 1.00. The molecular formula is C23H27NO4S. The van der Waals surface area contributed by atoms with Crippen LogP contribution in [0, 0.1) is 17.8 Å². The Kier molecular flexibility index (Phi) is 5.90. The zero-order valence-corrected chi connectivity index (χ0v) is 17.2. The van der Waals surface area contributed by atoms with Crippen molar-refractivity contribution in [3.8, 4) is 5.75 Å². The van der Waals surface area contributed by atoms with Crippen LogP contribution in [-0.2, 0) is 4.79 Å². The van der Waals surface area contributed by atoms with Gasteiger partial charge in [0.1, 0.15) is 5.75 Å². The molecule has 2 aliphatic carbocycles. The van der Waals surface area contributed by atoms with Gasteiger partial charge in [0.2, 0.25) is 0 Å². The second-order valence-electron chi connectivity index (χ2n) is 8.32. The molecule has 1 amide bonds. The summed E-state index contributed by atoms with van der Waals surface area (Å²) in [6.45, 7) is 0. The van der Waals surface area contributed by atoms with Crippen LogP contribution in [0.4, 0.5) is 0 Å². The number of fused-ring (bicyclic) bond motifs is 3. The fraction of sp³-hybridized carbons (Fsp3) is 0.478. The van der Waals surface area contributed by atoms with Crippen LogP contribution in [0.1, 0.15) is 55.3 Å². The van der Waals surface area contributed by atoms with Crippen molar-refractivity contribution < 1.29 is 19.8 Å². The fourth-order valence-corrected chi connectivity index (χ4v) is 6.06. The number of benzene rings is 1. The summed E-state index contributed by atoms with van der Waals surface area (Å²) in [5.41, 5.74) is 0.645. The molecule has 3 N–H and O–H groups in total. The maximum atomic E-state index is 13.0. The zero-order valence-electron chi connectivity index (χ0n) is 16.3. The van der Waals surface area contributed by atoms with Crippen LogP contribution >= 0.6 is 11.3 Å². The van der Waals surface area contributed by atoms with Crippen molar-refractivity contribution in [1.82, 2.24) is 5.32 Å². The molecule has 2 fully saturated rings. The third-order valence-electron chi connectivity index (χ3n) is 6.52. The van der Waals surface area contributed by atoms with Gasteiger partial charge in [-0.1, -0.05) is 12.2 Å². The molecular weight excluding hydrogens is 386 g/mol. The van der Waals surface area contributed by atoms with Crippen LogP contribution in [0.25, 0.3) is 10.1 Å². The van der Waals surface area contributed by atoms with Gasteiger partial charge in [-0.25, -0.2) is 0 Å². The number of carbonyl (C=O) groups is 2. The fourth-order valence-electron chi connectivity index (χ4n) is 5.14. The van der Waals surface area contributed by atoms with Crippen LogP contribution in [0.3, 0.4) is 0 Å². The number of phenolic OH excluding ortho intramolecular Hbond substituents is 1. The number of aromatic hydroxyl groups is 1. The summed E-state index contributed by atoms with van der Waals surface area (Å²) in [6, 6.07) is 5.35. The molecule has 4 rings (SSSR count). The van der Waals surface area contributed by atoms with Crippen LogP contribution in [0.2, 0.25) is 0 Å². The van der Waals surface area contributed by atoms with Gasteiger partial charge in [-0.05, 0) is 74.5 Å². The number of rotatable bonds is 8.